The lowest BCUT2D eigenvalue weighted by Gasteiger charge is -2.23. The van der Waals surface area contributed by atoms with Crippen molar-refractivity contribution in [2.24, 2.45) is 0 Å². The molecule has 1 saturated heterocycles. The van der Waals surface area contributed by atoms with Gasteiger partial charge >= 0.3 is 0 Å². The van der Waals surface area contributed by atoms with Gasteiger partial charge < -0.3 is 10.3 Å². The molecule has 1 aliphatic rings. The van der Waals surface area contributed by atoms with Crippen molar-refractivity contribution < 1.29 is 4.39 Å². The van der Waals surface area contributed by atoms with Gasteiger partial charge in [-0.1, -0.05) is 0 Å². The third-order valence-electron chi connectivity index (χ3n) is 3.33. The van der Waals surface area contributed by atoms with Crippen LogP contribution in [-0.2, 0) is 0 Å². The topological polar surface area (TPSA) is 40.7 Å². The second-order valence-corrected chi connectivity index (χ2v) is 4.28. The molecule has 1 fully saturated rings. The summed E-state index contributed by atoms with van der Waals surface area (Å²) in [5.74, 6) is 0.154. The van der Waals surface area contributed by atoms with Crippen LogP contribution in [0.1, 0.15) is 24.3 Å². The fourth-order valence-corrected chi connectivity index (χ4v) is 2.53. The third-order valence-corrected chi connectivity index (χ3v) is 3.33. The summed E-state index contributed by atoms with van der Waals surface area (Å²) in [6.45, 7) is 1.94. The van der Waals surface area contributed by atoms with Crippen molar-refractivity contribution in [2.75, 3.05) is 13.1 Å². The van der Waals surface area contributed by atoms with Gasteiger partial charge in [-0.2, -0.15) is 0 Å². The zero-order chi connectivity index (χ0) is 11.0. The summed E-state index contributed by atoms with van der Waals surface area (Å²) in [6, 6.07) is 1.92. The van der Waals surface area contributed by atoms with Gasteiger partial charge in [-0.15, -0.1) is 24.8 Å². The number of hydrogen-bond donors (Lipinski definition) is 2. The van der Waals surface area contributed by atoms with E-state index in [1.165, 1.54) is 6.20 Å². The molecular weight excluding hydrogens is 276 g/mol. The number of nitrogens with zero attached hydrogens (tertiary/aromatic N) is 1. The summed E-state index contributed by atoms with van der Waals surface area (Å²) in [6.07, 6.45) is 5.15. The first-order valence-electron chi connectivity index (χ1n) is 5.68. The van der Waals surface area contributed by atoms with Crippen molar-refractivity contribution >= 4 is 35.8 Å². The van der Waals surface area contributed by atoms with Gasteiger partial charge in [0, 0.05) is 17.1 Å². The lowest BCUT2D eigenvalue weighted by Crippen LogP contribution is -2.27. The molecule has 2 aromatic heterocycles. The molecule has 0 radical (unpaired) electrons. The molecule has 0 amide bonds. The summed E-state index contributed by atoms with van der Waals surface area (Å²) in [5, 5.41) is 4.24. The molecule has 6 heteroatoms. The van der Waals surface area contributed by atoms with Gasteiger partial charge in [0.05, 0.1) is 6.20 Å². The number of aromatic nitrogens is 2. The van der Waals surface area contributed by atoms with E-state index < -0.39 is 0 Å². The maximum atomic E-state index is 13.9. The summed E-state index contributed by atoms with van der Waals surface area (Å²) in [7, 11) is 0. The number of halogens is 3. The number of pyridine rings is 1. The maximum absolute atomic E-state index is 13.9. The smallest absolute Gasteiger partial charge is 0.145 e. The number of fused-ring (bicyclic) bond motifs is 1. The molecule has 100 valence electrons. The van der Waals surface area contributed by atoms with E-state index in [0.717, 1.165) is 42.5 Å². The quantitative estimate of drug-likeness (QED) is 0.848. The largest absolute Gasteiger partial charge is 0.346 e. The van der Waals surface area contributed by atoms with E-state index in [-0.39, 0.29) is 30.6 Å². The Kier molecular flexibility index (Phi) is 5.38. The molecule has 2 aromatic rings. The first-order chi connectivity index (χ1) is 7.86. The fourth-order valence-electron chi connectivity index (χ4n) is 2.53. The molecule has 3 rings (SSSR count). The molecule has 2 N–H and O–H groups in total. The summed E-state index contributed by atoms with van der Waals surface area (Å²) in [5.41, 5.74) is 1.63. The number of hydrogen-bond acceptors (Lipinski definition) is 2. The van der Waals surface area contributed by atoms with Crippen molar-refractivity contribution in [1.82, 2.24) is 15.3 Å². The van der Waals surface area contributed by atoms with E-state index in [4.69, 9.17) is 0 Å². The fraction of sp³-hybridized carbons (Fsp3) is 0.417. The summed E-state index contributed by atoms with van der Waals surface area (Å²) < 4.78 is 13.9. The average Bonchev–Trinajstić information content (AvgIpc) is 2.78. The van der Waals surface area contributed by atoms with Crippen molar-refractivity contribution in [1.29, 1.82) is 0 Å². The highest BCUT2D eigenvalue weighted by atomic mass is 35.5. The van der Waals surface area contributed by atoms with Crippen LogP contribution in [0.2, 0.25) is 0 Å². The van der Waals surface area contributed by atoms with Gasteiger partial charge in [-0.05, 0) is 37.9 Å². The van der Waals surface area contributed by atoms with Crippen molar-refractivity contribution in [2.45, 2.75) is 18.8 Å². The van der Waals surface area contributed by atoms with E-state index in [1.807, 2.05) is 12.3 Å². The minimum Gasteiger partial charge on any atom is -0.346 e. The van der Waals surface area contributed by atoms with Crippen LogP contribution in [0, 0.1) is 5.82 Å². The Bertz CT molecular complexity index is 509. The predicted molar refractivity (Wildman–Crippen MR) is 75.4 cm³/mol. The van der Waals surface area contributed by atoms with Crippen LogP contribution < -0.4 is 5.32 Å². The number of nitrogens with one attached hydrogen (secondary N) is 2. The second kappa shape index (κ2) is 6.36. The zero-order valence-electron chi connectivity index (χ0n) is 9.78. The Balaban J connectivity index is 0.000000810. The summed E-state index contributed by atoms with van der Waals surface area (Å²) >= 11 is 0. The van der Waals surface area contributed by atoms with Gasteiger partial charge in [-0.3, -0.25) is 0 Å². The Labute approximate surface area is 117 Å². The molecule has 0 unspecified atom stereocenters. The van der Waals surface area contributed by atoms with Crippen molar-refractivity contribution in [3.05, 3.63) is 29.8 Å². The number of aromatic amines is 1. The number of piperidine rings is 1. The Morgan fingerprint density at radius 3 is 2.67 bits per heavy atom. The monoisotopic (exact) mass is 291 g/mol. The van der Waals surface area contributed by atoms with Crippen LogP contribution in [-0.4, -0.2) is 23.1 Å². The second-order valence-electron chi connectivity index (χ2n) is 4.28. The van der Waals surface area contributed by atoms with E-state index in [9.17, 15) is 4.39 Å². The summed E-state index contributed by atoms with van der Waals surface area (Å²) in [4.78, 5) is 7.08. The van der Waals surface area contributed by atoms with Crippen molar-refractivity contribution in [3.8, 4) is 0 Å². The van der Waals surface area contributed by atoms with Crippen LogP contribution in [0.3, 0.4) is 0 Å². The molecule has 0 bridgehead atoms. The van der Waals surface area contributed by atoms with Gasteiger partial charge in [0.15, 0.2) is 0 Å². The van der Waals surface area contributed by atoms with E-state index in [0.29, 0.717) is 5.92 Å². The average molecular weight is 292 g/mol. The molecule has 0 aromatic carbocycles. The Morgan fingerprint density at radius 2 is 1.94 bits per heavy atom. The van der Waals surface area contributed by atoms with Gasteiger partial charge in [0.2, 0.25) is 0 Å². The minimum absolute atomic E-state index is 0. The molecule has 0 saturated carbocycles. The normalized spacial score (nSPS) is 16.1. The van der Waals surface area contributed by atoms with Crippen LogP contribution in [0.15, 0.2) is 18.5 Å². The molecule has 3 nitrogen and oxygen atoms in total. The van der Waals surface area contributed by atoms with Gasteiger partial charge in [0.25, 0.3) is 0 Å². The van der Waals surface area contributed by atoms with Gasteiger partial charge in [0.1, 0.15) is 11.5 Å². The molecule has 0 atom stereocenters. The molecule has 0 aliphatic carbocycles. The van der Waals surface area contributed by atoms with E-state index in [2.05, 4.69) is 15.3 Å². The molecule has 3 heterocycles. The minimum atomic E-state index is -0.168. The van der Waals surface area contributed by atoms with Crippen molar-refractivity contribution in [3.63, 3.8) is 0 Å². The van der Waals surface area contributed by atoms with Crippen LogP contribution in [0.25, 0.3) is 11.0 Å². The highest BCUT2D eigenvalue weighted by molar-refractivity contribution is 5.85. The molecular formula is C12H16Cl2FN3. The lowest BCUT2D eigenvalue weighted by molar-refractivity contribution is 0.447. The highest BCUT2D eigenvalue weighted by Crippen LogP contribution is 2.32. The first-order valence-corrected chi connectivity index (χ1v) is 5.68. The van der Waals surface area contributed by atoms with Crippen LogP contribution in [0.4, 0.5) is 4.39 Å². The van der Waals surface area contributed by atoms with Crippen LogP contribution in [0.5, 0.6) is 0 Å². The zero-order valence-corrected chi connectivity index (χ0v) is 11.4. The number of rotatable bonds is 1. The highest BCUT2D eigenvalue weighted by Gasteiger charge is 2.21. The standard InChI is InChI=1S/C12H14FN3.2ClH/c13-10-7-16-12-9(3-6-15-12)11(10)8-1-4-14-5-2-8;;/h3,6-8,14H,1-2,4-5H2,(H,15,16);2*1H. The predicted octanol–water partition coefficient (Wildman–Crippen LogP) is 3.01. The molecule has 0 spiro atoms. The van der Waals surface area contributed by atoms with Crippen LogP contribution >= 0.6 is 24.8 Å². The first kappa shape index (κ1) is 15.2. The SMILES string of the molecule is Cl.Cl.Fc1cnc2[nH]ccc2c1C1CCNCC1. The van der Waals surface area contributed by atoms with E-state index in [1.54, 1.807) is 0 Å². The van der Waals surface area contributed by atoms with Gasteiger partial charge in [-0.25, -0.2) is 9.37 Å². The van der Waals surface area contributed by atoms with E-state index >= 15 is 0 Å². The Hall–Kier alpha value is -0.840. The molecule has 1 aliphatic heterocycles. The third kappa shape index (κ3) is 2.60. The number of H-pyrrole nitrogens is 1. The molecule has 18 heavy (non-hydrogen) atoms. The maximum Gasteiger partial charge on any atom is 0.145 e. The Morgan fingerprint density at radius 1 is 1.22 bits per heavy atom. The lowest BCUT2D eigenvalue weighted by atomic mass is 9.89.